The summed E-state index contributed by atoms with van der Waals surface area (Å²) in [7, 11) is -2.91. The van der Waals surface area contributed by atoms with E-state index in [0.29, 0.717) is 12.4 Å². The van der Waals surface area contributed by atoms with Gasteiger partial charge in [0.1, 0.15) is 5.82 Å². The third kappa shape index (κ3) is 4.09. The third-order valence-electron chi connectivity index (χ3n) is 2.18. The molecule has 0 aliphatic carbocycles. The summed E-state index contributed by atoms with van der Waals surface area (Å²) in [6, 6.07) is 3.70. The molecule has 6 heteroatoms. The molecule has 0 aliphatic rings. The fraction of sp³-hybridized carbons (Fsp3) is 0.500. The molecule has 0 bridgehead atoms. The maximum Gasteiger partial charge on any atom is 0.151 e. The lowest BCUT2D eigenvalue weighted by Gasteiger charge is -2.06. The minimum absolute atomic E-state index is 0.139. The molecule has 0 spiro atoms. The van der Waals surface area contributed by atoms with E-state index in [4.69, 9.17) is 0 Å². The van der Waals surface area contributed by atoms with Crippen molar-refractivity contribution in [3.63, 3.8) is 0 Å². The Morgan fingerprint density at radius 2 is 2.12 bits per heavy atom. The summed E-state index contributed by atoms with van der Waals surface area (Å²) in [4.78, 5) is 4.27. The van der Waals surface area contributed by atoms with Gasteiger partial charge in [0.15, 0.2) is 9.84 Å². The molecule has 0 aliphatic heterocycles. The second kappa shape index (κ2) is 5.63. The number of sulfone groups is 1. The number of nitrogens with zero attached hydrogens (tertiary/aromatic N) is 1. The molecule has 4 nitrogen and oxygen atoms in total. The van der Waals surface area contributed by atoms with E-state index < -0.39 is 9.84 Å². The van der Waals surface area contributed by atoms with E-state index in [2.05, 4.69) is 26.2 Å². The van der Waals surface area contributed by atoms with Crippen molar-refractivity contribution in [2.75, 3.05) is 23.4 Å². The van der Waals surface area contributed by atoms with E-state index >= 15 is 0 Å². The van der Waals surface area contributed by atoms with Gasteiger partial charge in [-0.15, -0.1) is 0 Å². The van der Waals surface area contributed by atoms with Crippen molar-refractivity contribution in [1.29, 1.82) is 0 Å². The van der Waals surface area contributed by atoms with Crippen LogP contribution in [0.4, 0.5) is 5.82 Å². The Morgan fingerprint density at radius 3 is 2.69 bits per heavy atom. The van der Waals surface area contributed by atoms with E-state index in [9.17, 15) is 8.42 Å². The minimum atomic E-state index is -2.91. The first-order valence-electron chi connectivity index (χ1n) is 5.02. The summed E-state index contributed by atoms with van der Waals surface area (Å²) in [5, 5.41) is 2.99. The monoisotopic (exact) mass is 306 g/mol. The standard InChI is InChI=1S/C10H15BrN2O2S/c1-3-16(14,15)7-6-12-10-5-4-9(11)8(2)13-10/h4-5H,3,6-7H2,1-2H3,(H,12,13). The van der Waals surface area contributed by atoms with Crippen LogP contribution in [0.15, 0.2) is 16.6 Å². The predicted molar refractivity (Wildman–Crippen MR) is 69.5 cm³/mol. The molecule has 0 amide bonds. The molecule has 0 radical (unpaired) electrons. The largest absolute Gasteiger partial charge is 0.369 e. The summed E-state index contributed by atoms with van der Waals surface area (Å²) in [6.45, 7) is 3.93. The number of aryl methyl sites for hydroxylation is 1. The number of pyridine rings is 1. The predicted octanol–water partition coefficient (Wildman–Crippen LogP) is 2.00. The van der Waals surface area contributed by atoms with Crippen molar-refractivity contribution < 1.29 is 8.42 Å². The maximum absolute atomic E-state index is 11.2. The van der Waals surface area contributed by atoms with Gasteiger partial charge in [-0.3, -0.25) is 0 Å². The van der Waals surface area contributed by atoms with Gasteiger partial charge in [-0.2, -0.15) is 0 Å². The molecule has 1 aromatic heterocycles. The van der Waals surface area contributed by atoms with Crippen molar-refractivity contribution in [1.82, 2.24) is 4.98 Å². The molecule has 1 rings (SSSR count). The van der Waals surface area contributed by atoms with Crippen molar-refractivity contribution in [2.45, 2.75) is 13.8 Å². The van der Waals surface area contributed by atoms with Crippen molar-refractivity contribution in [2.24, 2.45) is 0 Å². The second-order valence-corrected chi connectivity index (χ2v) is 6.75. The molecule has 0 unspecified atom stereocenters. The van der Waals surface area contributed by atoms with Crippen LogP contribution in [0.25, 0.3) is 0 Å². The summed E-state index contributed by atoms with van der Waals surface area (Å²) in [5.41, 5.74) is 0.878. The molecule has 1 N–H and O–H groups in total. The highest BCUT2D eigenvalue weighted by Gasteiger charge is 2.06. The zero-order chi connectivity index (χ0) is 12.2. The van der Waals surface area contributed by atoms with E-state index in [1.807, 2.05) is 19.1 Å². The molecule has 0 atom stereocenters. The Bertz CT molecular complexity index is 460. The van der Waals surface area contributed by atoms with Crippen LogP contribution in [0.1, 0.15) is 12.6 Å². The van der Waals surface area contributed by atoms with Gasteiger partial charge in [0.05, 0.1) is 11.4 Å². The summed E-state index contributed by atoms with van der Waals surface area (Å²) >= 11 is 3.35. The van der Waals surface area contributed by atoms with Crippen LogP contribution in [-0.2, 0) is 9.84 Å². The fourth-order valence-corrected chi connectivity index (χ4v) is 2.04. The maximum atomic E-state index is 11.2. The molecule has 1 aromatic rings. The van der Waals surface area contributed by atoms with Gasteiger partial charge < -0.3 is 5.32 Å². The Morgan fingerprint density at radius 1 is 1.44 bits per heavy atom. The van der Waals surface area contributed by atoms with Gasteiger partial charge in [0.25, 0.3) is 0 Å². The smallest absolute Gasteiger partial charge is 0.151 e. The zero-order valence-corrected chi connectivity index (χ0v) is 11.7. The van der Waals surface area contributed by atoms with Crippen molar-refractivity contribution in [3.05, 3.63) is 22.3 Å². The van der Waals surface area contributed by atoms with Gasteiger partial charge in [0, 0.05) is 16.8 Å². The molecule has 0 saturated heterocycles. The number of aromatic nitrogens is 1. The molecular formula is C10H15BrN2O2S. The van der Waals surface area contributed by atoms with E-state index in [0.717, 1.165) is 10.2 Å². The van der Waals surface area contributed by atoms with E-state index in [1.54, 1.807) is 6.92 Å². The van der Waals surface area contributed by atoms with Crippen LogP contribution in [0.3, 0.4) is 0 Å². The van der Waals surface area contributed by atoms with Crippen LogP contribution in [0.2, 0.25) is 0 Å². The number of anilines is 1. The van der Waals surface area contributed by atoms with Gasteiger partial charge in [-0.1, -0.05) is 6.92 Å². The van der Waals surface area contributed by atoms with Crippen LogP contribution >= 0.6 is 15.9 Å². The van der Waals surface area contributed by atoms with E-state index in [-0.39, 0.29) is 11.5 Å². The van der Waals surface area contributed by atoms with Crippen molar-refractivity contribution >= 4 is 31.6 Å². The highest BCUT2D eigenvalue weighted by Crippen LogP contribution is 2.15. The van der Waals surface area contributed by atoms with Gasteiger partial charge in [-0.05, 0) is 35.0 Å². The topological polar surface area (TPSA) is 59.1 Å². The molecule has 90 valence electrons. The number of hydrogen-bond donors (Lipinski definition) is 1. The number of nitrogens with one attached hydrogen (secondary N) is 1. The Labute approximate surface area is 105 Å². The van der Waals surface area contributed by atoms with E-state index in [1.165, 1.54) is 0 Å². The lowest BCUT2D eigenvalue weighted by atomic mass is 10.4. The highest BCUT2D eigenvalue weighted by atomic mass is 79.9. The first-order chi connectivity index (χ1) is 7.44. The first-order valence-corrected chi connectivity index (χ1v) is 7.63. The third-order valence-corrected chi connectivity index (χ3v) is 4.72. The molecule has 0 fully saturated rings. The number of rotatable bonds is 5. The normalized spacial score (nSPS) is 11.4. The van der Waals surface area contributed by atoms with Crippen molar-refractivity contribution in [3.8, 4) is 0 Å². The number of halogens is 1. The Kier molecular flexibility index (Phi) is 4.73. The quantitative estimate of drug-likeness (QED) is 0.904. The number of hydrogen-bond acceptors (Lipinski definition) is 4. The van der Waals surface area contributed by atoms with Gasteiger partial charge in [0.2, 0.25) is 0 Å². The van der Waals surface area contributed by atoms with Crippen LogP contribution in [-0.4, -0.2) is 31.5 Å². The molecule has 1 heterocycles. The lowest BCUT2D eigenvalue weighted by Crippen LogP contribution is -2.17. The summed E-state index contributed by atoms with van der Waals surface area (Å²) in [5.74, 6) is 1.02. The zero-order valence-electron chi connectivity index (χ0n) is 9.33. The fourth-order valence-electron chi connectivity index (χ4n) is 1.12. The second-order valence-electron chi connectivity index (χ2n) is 3.43. The SMILES string of the molecule is CCS(=O)(=O)CCNc1ccc(Br)c(C)n1. The van der Waals surface area contributed by atoms with Gasteiger partial charge in [-0.25, -0.2) is 13.4 Å². The minimum Gasteiger partial charge on any atom is -0.369 e. The average Bonchev–Trinajstić information content (AvgIpc) is 2.23. The lowest BCUT2D eigenvalue weighted by molar-refractivity contribution is 0.597. The molecule has 16 heavy (non-hydrogen) atoms. The van der Waals surface area contributed by atoms with Gasteiger partial charge >= 0.3 is 0 Å². The average molecular weight is 307 g/mol. The van der Waals surface area contributed by atoms with Crippen LogP contribution in [0.5, 0.6) is 0 Å². The summed E-state index contributed by atoms with van der Waals surface area (Å²) < 4.78 is 23.4. The van der Waals surface area contributed by atoms with Crippen LogP contribution in [0, 0.1) is 6.92 Å². The van der Waals surface area contributed by atoms with Crippen LogP contribution < -0.4 is 5.32 Å². The molecule has 0 aromatic carbocycles. The molecular weight excluding hydrogens is 292 g/mol. The highest BCUT2D eigenvalue weighted by molar-refractivity contribution is 9.10. The summed E-state index contributed by atoms with van der Waals surface area (Å²) in [6.07, 6.45) is 0. The Balaban J connectivity index is 2.53. The first kappa shape index (κ1) is 13.4. The Hall–Kier alpha value is -0.620. The molecule has 0 saturated carbocycles.